The van der Waals surface area contributed by atoms with E-state index in [0.717, 1.165) is 27.7 Å². The highest BCUT2D eigenvalue weighted by atomic mass is 32.1. The summed E-state index contributed by atoms with van der Waals surface area (Å²) in [5, 5.41) is 16.5. The summed E-state index contributed by atoms with van der Waals surface area (Å²) in [6.45, 7) is 1.92. The number of aromatic nitrogens is 4. The van der Waals surface area contributed by atoms with Crippen LogP contribution in [0.3, 0.4) is 0 Å². The number of benzene rings is 3. The number of halogens is 1. The van der Waals surface area contributed by atoms with Gasteiger partial charge < -0.3 is 5.32 Å². The molecule has 0 saturated carbocycles. The molecule has 5 aromatic rings. The molecule has 0 bridgehead atoms. The van der Waals surface area contributed by atoms with E-state index in [0.29, 0.717) is 5.13 Å². The fourth-order valence-electron chi connectivity index (χ4n) is 4.06. The molecule has 1 amide bonds. The summed E-state index contributed by atoms with van der Waals surface area (Å²) in [6, 6.07) is 22.3. The van der Waals surface area contributed by atoms with E-state index in [1.54, 1.807) is 28.5 Å². The number of anilines is 1. The zero-order valence-corrected chi connectivity index (χ0v) is 18.5. The fraction of sp³-hybridized carbons (Fsp3) is 0.120. The Morgan fingerprint density at radius 1 is 1.03 bits per heavy atom. The largest absolute Gasteiger partial charge is 0.300 e. The van der Waals surface area contributed by atoms with Crippen molar-refractivity contribution in [2.45, 2.75) is 12.8 Å². The fourth-order valence-corrected chi connectivity index (χ4v) is 4.51. The molecular weight excluding hydrogens is 437 g/mol. The molecule has 0 aliphatic rings. The van der Waals surface area contributed by atoms with E-state index in [9.17, 15) is 9.18 Å². The third-order valence-electron chi connectivity index (χ3n) is 5.68. The Kier molecular flexibility index (Phi) is 5.66. The Hall–Kier alpha value is -3.91. The predicted octanol–water partition coefficient (Wildman–Crippen LogP) is 5.42. The SMILES string of the molecule is C[C@@H](C(=O)Nc1nncs1)[C@H](c1ccccc1)c1ccc2c(cnn2-c2ccc(F)cc2)c1. The predicted molar refractivity (Wildman–Crippen MR) is 127 cm³/mol. The van der Waals surface area contributed by atoms with Crippen LogP contribution in [0.15, 0.2) is 84.5 Å². The molecule has 0 aliphatic heterocycles. The first kappa shape index (κ1) is 21.0. The van der Waals surface area contributed by atoms with E-state index in [-0.39, 0.29) is 23.6 Å². The van der Waals surface area contributed by atoms with Gasteiger partial charge in [-0.1, -0.05) is 54.7 Å². The monoisotopic (exact) mass is 457 g/mol. The first-order valence-electron chi connectivity index (χ1n) is 10.5. The molecule has 2 aromatic heterocycles. The van der Waals surface area contributed by atoms with Crippen LogP contribution in [0.25, 0.3) is 16.6 Å². The minimum atomic E-state index is -0.360. The maximum atomic E-state index is 13.3. The van der Waals surface area contributed by atoms with Gasteiger partial charge >= 0.3 is 0 Å². The van der Waals surface area contributed by atoms with Crippen molar-refractivity contribution in [3.63, 3.8) is 0 Å². The summed E-state index contributed by atoms with van der Waals surface area (Å²) < 4.78 is 15.1. The normalized spacial score (nSPS) is 13.0. The number of fused-ring (bicyclic) bond motifs is 1. The Morgan fingerprint density at radius 2 is 1.82 bits per heavy atom. The van der Waals surface area contributed by atoms with E-state index in [1.165, 1.54) is 23.5 Å². The standard InChI is InChI=1S/C25H20FN5OS/c1-16(24(32)29-25-30-27-15-33-25)23(17-5-3-2-4-6-17)18-7-12-22-19(13-18)14-28-31(22)21-10-8-20(26)9-11-21/h2-16,23H,1H3,(H,29,30,32)/t16-,23-/m1/s1. The molecule has 164 valence electrons. The van der Waals surface area contributed by atoms with Crippen LogP contribution in [0.1, 0.15) is 24.0 Å². The number of rotatable bonds is 6. The van der Waals surface area contributed by atoms with Gasteiger partial charge in [0, 0.05) is 17.2 Å². The molecule has 8 heteroatoms. The van der Waals surface area contributed by atoms with Crippen LogP contribution in [0.4, 0.5) is 9.52 Å². The molecule has 0 radical (unpaired) electrons. The number of hydrogen-bond donors (Lipinski definition) is 1. The summed E-state index contributed by atoms with van der Waals surface area (Å²) in [7, 11) is 0. The van der Waals surface area contributed by atoms with Gasteiger partial charge in [-0.2, -0.15) is 5.10 Å². The molecule has 2 atom stereocenters. The van der Waals surface area contributed by atoms with E-state index < -0.39 is 0 Å². The number of hydrogen-bond acceptors (Lipinski definition) is 5. The molecule has 5 rings (SSSR count). The summed E-state index contributed by atoms with van der Waals surface area (Å²) >= 11 is 1.29. The van der Waals surface area contributed by atoms with Gasteiger partial charge in [0.25, 0.3) is 0 Å². The van der Waals surface area contributed by atoms with E-state index in [2.05, 4.69) is 26.7 Å². The number of carbonyl (C=O) groups is 1. The second kappa shape index (κ2) is 8.91. The zero-order valence-electron chi connectivity index (χ0n) is 17.7. The lowest BCUT2D eigenvalue weighted by molar-refractivity contribution is -0.119. The van der Waals surface area contributed by atoms with Gasteiger partial charge in [0.2, 0.25) is 11.0 Å². The van der Waals surface area contributed by atoms with Crippen LogP contribution < -0.4 is 5.32 Å². The molecule has 0 spiro atoms. The summed E-state index contributed by atoms with van der Waals surface area (Å²) in [5.41, 5.74) is 5.32. The zero-order chi connectivity index (χ0) is 22.8. The summed E-state index contributed by atoms with van der Waals surface area (Å²) in [4.78, 5) is 13.1. The quantitative estimate of drug-likeness (QED) is 0.369. The van der Waals surface area contributed by atoms with Gasteiger partial charge in [0.1, 0.15) is 11.3 Å². The first-order valence-corrected chi connectivity index (χ1v) is 11.3. The molecule has 0 saturated heterocycles. The van der Waals surface area contributed by atoms with Crippen molar-refractivity contribution < 1.29 is 9.18 Å². The highest BCUT2D eigenvalue weighted by Gasteiger charge is 2.28. The van der Waals surface area contributed by atoms with E-state index in [4.69, 9.17) is 0 Å². The van der Waals surface area contributed by atoms with E-state index in [1.807, 2.05) is 49.4 Å². The van der Waals surface area contributed by atoms with Gasteiger partial charge in [-0.3, -0.25) is 4.79 Å². The Labute approximate surface area is 193 Å². The van der Waals surface area contributed by atoms with Gasteiger partial charge in [-0.25, -0.2) is 9.07 Å². The van der Waals surface area contributed by atoms with Crippen molar-refractivity contribution in [1.29, 1.82) is 0 Å². The molecule has 3 aromatic carbocycles. The lowest BCUT2D eigenvalue weighted by Crippen LogP contribution is -2.26. The van der Waals surface area contributed by atoms with Crippen molar-refractivity contribution in [1.82, 2.24) is 20.0 Å². The van der Waals surface area contributed by atoms with Crippen molar-refractivity contribution >= 4 is 33.3 Å². The van der Waals surface area contributed by atoms with Crippen LogP contribution in [-0.2, 0) is 4.79 Å². The summed E-state index contributed by atoms with van der Waals surface area (Å²) in [6.07, 6.45) is 1.79. The lowest BCUT2D eigenvalue weighted by Gasteiger charge is -2.24. The van der Waals surface area contributed by atoms with Gasteiger partial charge in [-0.05, 0) is 47.5 Å². The lowest BCUT2D eigenvalue weighted by atomic mass is 9.81. The average Bonchev–Trinajstić information content (AvgIpc) is 3.50. The van der Waals surface area contributed by atoms with Gasteiger partial charge in [0.15, 0.2) is 0 Å². The minimum absolute atomic E-state index is 0.122. The minimum Gasteiger partial charge on any atom is -0.300 e. The molecular formula is C25H20FN5OS. The third-order valence-corrected chi connectivity index (χ3v) is 6.29. The van der Waals surface area contributed by atoms with Crippen LogP contribution in [0.5, 0.6) is 0 Å². The molecule has 6 nitrogen and oxygen atoms in total. The topological polar surface area (TPSA) is 72.7 Å². The second-order valence-corrected chi connectivity index (χ2v) is 8.59. The molecule has 2 heterocycles. The van der Waals surface area contributed by atoms with Crippen molar-refractivity contribution in [2.75, 3.05) is 5.32 Å². The van der Waals surface area contributed by atoms with Crippen molar-refractivity contribution in [3.05, 3.63) is 101 Å². The van der Waals surface area contributed by atoms with Crippen molar-refractivity contribution in [3.8, 4) is 5.69 Å². The Morgan fingerprint density at radius 3 is 2.55 bits per heavy atom. The number of nitrogens with zero attached hydrogens (tertiary/aromatic N) is 4. The number of nitrogens with one attached hydrogen (secondary N) is 1. The average molecular weight is 458 g/mol. The maximum absolute atomic E-state index is 13.3. The molecule has 1 N–H and O–H groups in total. The first-order chi connectivity index (χ1) is 16.1. The van der Waals surface area contributed by atoms with Crippen LogP contribution in [0.2, 0.25) is 0 Å². The smallest absolute Gasteiger partial charge is 0.229 e. The highest BCUT2D eigenvalue weighted by Crippen LogP contribution is 2.35. The van der Waals surface area contributed by atoms with Gasteiger partial charge in [0.05, 0.1) is 17.4 Å². The molecule has 0 fully saturated rings. The Bertz CT molecular complexity index is 1380. The number of amides is 1. The van der Waals surface area contributed by atoms with Crippen LogP contribution >= 0.6 is 11.3 Å². The molecule has 0 aliphatic carbocycles. The van der Waals surface area contributed by atoms with E-state index >= 15 is 0 Å². The third kappa shape index (κ3) is 4.25. The van der Waals surface area contributed by atoms with Crippen LogP contribution in [0, 0.1) is 11.7 Å². The molecule has 33 heavy (non-hydrogen) atoms. The van der Waals surface area contributed by atoms with Gasteiger partial charge in [-0.15, -0.1) is 10.2 Å². The highest BCUT2D eigenvalue weighted by molar-refractivity contribution is 7.13. The Balaban J connectivity index is 1.52. The second-order valence-electron chi connectivity index (χ2n) is 7.76. The van der Waals surface area contributed by atoms with Crippen LogP contribution in [-0.4, -0.2) is 25.9 Å². The van der Waals surface area contributed by atoms with Crippen molar-refractivity contribution in [2.24, 2.45) is 5.92 Å². The maximum Gasteiger partial charge on any atom is 0.229 e. The summed E-state index contributed by atoms with van der Waals surface area (Å²) in [5.74, 6) is -0.940. The molecule has 0 unspecified atom stereocenters. The number of carbonyl (C=O) groups excluding carboxylic acids is 1.